The van der Waals surface area contributed by atoms with Gasteiger partial charge in [0.05, 0.1) is 11.0 Å². The smallest absolute Gasteiger partial charge is 0.217 e. The number of rotatable bonds is 1. The third-order valence-electron chi connectivity index (χ3n) is 3.89. The summed E-state index contributed by atoms with van der Waals surface area (Å²) in [6, 6.07) is 16.0. The van der Waals surface area contributed by atoms with Crippen LogP contribution in [-0.4, -0.2) is 24.8 Å². The lowest BCUT2D eigenvalue weighted by Gasteiger charge is -2.18. The van der Waals surface area contributed by atoms with Gasteiger partial charge >= 0.3 is 0 Å². The van der Waals surface area contributed by atoms with Crippen molar-refractivity contribution in [1.29, 1.82) is 0 Å². The van der Waals surface area contributed by atoms with E-state index in [4.69, 9.17) is 0 Å². The first-order chi connectivity index (χ1) is 11.8. The van der Waals surface area contributed by atoms with Crippen molar-refractivity contribution in [1.82, 2.24) is 24.8 Å². The van der Waals surface area contributed by atoms with Crippen molar-refractivity contribution in [3.63, 3.8) is 0 Å². The predicted octanol–water partition coefficient (Wildman–Crippen LogP) is 3.54. The third kappa shape index (κ3) is 2.05. The fourth-order valence-electron chi connectivity index (χ4n) is 2.65. The van der Waals surface area contributed by atoms with Gasteiger partial charge in [-0.05, 0) is 30.8 Å². The number of hydrogen-bond donors (Lipinski definition) is 1. The van der Waals surface area contributed by atoms with Gasteiger partial charge in [-0.1, -0.05) is 42.0 Å². The average Bonchev–Trinajstić information content (AvgIpc) is 3.01. The van der Waals surface area contributed by atoms with Crippen molar-refractivity contribution >= 4 is 28.6 Å². The molecular formula is C17H12N6S. The SMILES string of the molecule is Cc1ccc(-c2nnc3n2Nc2nc4ccccc4nc2S3)cc1. The van der Waals surface area contributed by atoms with E-state index in [2.05, 4.69) is 44.6 Å². The molecular weight excluding hydrogens is 320 g/mol. The zero-order valence-electron chi connectivity index (χ0n) is 12.8. The van der Waals surface area contributed by atoms with Crippen LogP contribution in [0.25, 0.3) is 22.4 Å². The van der Waals surface area contributed by atoms with Gasteiger partial charge < -0.3 is 0 Å². The highest BCUT2D eigenvalue weighted by atomic mass is 32.2. The molecule has 0 fully saturated rings. The predicted molar refractivity (Wildman–Crippen MR) is 92.9 cm³/mol. The average molecular weight is 332 g/mol. The molecule has 0 radical (unpaired) electrons. The number of fused-ring (bicyclic) bond motifs is 3. The summed E-state index contributed by atoms with van der Waals surface area (Å²) in [5.41, 5.74) is 7.24. The molecule has 4 aromatic rings. The van der Waals surface area contributed by atoms with Gasteiger partial charge in [0.25, 0.3) is 0 Å². The fraction of sp³-hybridized carbons (Fsp3) is 0.0588. The Morgan fingerprint density at radius 3 is 2.46 bits per heavy atom. The molecule has 0 saturated carbocycles. The molecule has 0 saturated heterocycles. The summed E-state index contributed by atoms with van der Waals surface area (Å²) < 4.78 is 1.86. The molecule has 5 rings (SSSR count). The molecule has 0 aliphatic carbocycles. The Morgan fingerprint density at radius 1 is 0.917 bits per heavy atom. The lowest BCUT2D eigenvalue weighted by atomic mass is 10.1. The van der Waals surface area contributed by atoms with E-state index >= 15 is 0 Å². The third-order valence-corrected chi connectivity index (χ3v) is 4.81. The quantitative estimate of drug-likeness (QED) is 0.506. The standard InChI is InChI=1S/C17H12N6S/c1-10-6-8-11(9-7-10)15-20-21-17-23(15)22-14-16(24-17)19-13-5-3-2-4-12(13)18-14/h2-9H,1H3,(H,18,22). The molecule has 0 unspecified atom stereocenters. The van der Waals surface area contributed by atoms with E-state index in [1.54, 1.807) is 0 Å². The number of aromatic nitrogens is 5. The Bertz CT molecular complexity index is 1070. The Balaban J connectivity index is 1.62. The van der Waals surface area contributed by atoms with E-state index in [1.807, 2.05) is 41.1 Å². The Hall–Kier alpha value is -2.93. The van der Waals surface area contributed by atoms with Gasteiger partial charge in [0, 0.05) is 5.56 Å². The van der Waals surface area contributed by atoms with Crippen molar-refractivity contribution in [2.75, 3.05) is 5.43 Å². The largest absolute Gasteiger partial charge is 0.271 e. The molecule has 3 heterocycles. The van der Waals surface area contributed by atoms with Gasteiger partial charge in [0.1, 0.15) is 5.03 Å². The van der Waals surface area contributed by atoms with E-state index in [1.165, 1.54) is 17.3 Å². The van der Waals surface area contributed by atoms with Gasteiger partial charge in [-0.15, -0.1) is 10.2 Å². The van der Waals surface area contributed by atoms with Crippen LogP contribution in [0.1, 0.15) is 5.56 Å². The number of benzene rings is 2. The first-order valence-electron chi connectivity index (χ1n) is 7.52. The van der Waals surface area contributed by atoms with Crippen LogP contribution in [-0.2, 0) is 0 Å². The normalized spacial score (nSPS) is 12.5. The summed E-state index contributed by atoms with van der Waals surface area (Å²) in [6.07, 6.45) is 0. The fourth-order valence-corrected chi connectivity index (χ4v) is 3.46. The zero-order chi connectivity index (χ0) is 16.1. The molecule has 116 valence electrons. The van der Waals surface area contributed by atoms with Gasteiger partial charge in [-0.3, -0.25) is 5.43 Å². The lowest BCUT2D eigenvalue weighted by Crippen LogP contribution is -2.18. The second-order valence-electron chi connectivity index (χ2n) is 5.59. The number of nitrogens with one attached hydrogen (secondary N) is 1. The summed E-state index contributed by atoms with van der Waals surface area (Å²) in [7, 11) is 0. The maximum atomic E-state index is 4.67. The molecule has 1 aliphatic rings. The molecule has 0 spiro atoms. The topological polar surface area (TPSA) is 68.5 Å². The number of nitrogens with zero attached hydrogens (tertiary/aromatic N) is 5. The van der Waals surface area contributed by atoms with Crippen molar-refractivity contribution in [3.8, 4) is 11.4 Å². The monoisotopic (exact) mass is 332 g/mol. The van der Waals surface area contributed by atoms with Crippen LogP contribution in [0, 0.1) is 6.92 Å². The first-order valence-corrected chi connectivity index (χ1v) is 8.34. The summed E-state index contributed by atoms with van der Waals surface area (Å²) in [4.78, 5) is 9.34. The molecule has 1 aliphatic heterocycles. The Kier molecular flexibility index (Phi) is 2.83. The summed E-state index contributed by atoms with van der Waals surface area (Å²) in [5.74, 6) is 1.48. The van der Waals surface area contributed by atoms with Crippen molar-refractivity contribution in [3.05, 3.63) is 54.1 Å². The van der Waals surface area contributed by atoms with E-state index in [0.717, 1.165) is 38.4 Å². The molecule has 0 bridgehead atoms. The van der Waals surface area contributed by atoms with Crippen LogP contribution in [0.15, 0.2) is 58.7 Å². The number of para-hydroxylation sites is 2. The molecule has 24 heavy (non-hydrogen) atoms. The van der Waals surface area contributed by atoms with E-state index in [-0.39, 0.29) is 0 Å². The minimum Gasteiger partial charge on any atom is -0.271 e. The van der Waals surface area contributed by atoms with Gasteiger partial charge in [0.15, 0.2) is 11.6 Å². The zero-order valence-corrected chi connectivity index (χ0v) is 13.6. The van der Waals surface area contributed by atoms with Crippen molar-refractivity contribution < 1.29 is 0 Å². The molecule has 6 nitrogen and oxygen atoms in total. The number of aryl methyl sites for hydroxylation is 1. The van der Waals surface area contributed by atoms with Crippen LogP contribution >= 0.6 is 11.8 Å². The van der Waals surface area contributed by atoms with Crippen LogP contribution in [0.3, 0.4) is 0 Å². The highest BCUT2D eigenvalue weighted by molar-refractivity contribution is 7.99. The van der Waals surface area contributed by atoms with Crippen LogP contribution < -0.4 is 5.43 Å². The highest BCUT2D eigenvalue weighted by Gasteiger charge is 2.24. The lowest BCUT2D eigenvalue weighted by molar-refractivity contribution is 0.792. The maximum Gasteiger partial charge on any atom is 0.217 e. The minimum absolute atomic E-state index is 0.722. The Morgan fingerprint density at radius 2 is 1.67 bits per heavy atom. The second-order valence-corrected chi connectivity index (χ2v) is 6.54. The molecule has 1 N–H and O–H groups in total. The molecule has 7 heteroatoms. The summed E-state index contributed by atoms with van der Waals surface area (Å²) >= 11 is 1.47. The van der Waals surface area contributed by atoms with Gasteiger partial charge in [0.2, 0.25) is 5.16 Å². The number of anilines is 1. The van der Waals surface area contributed by atoms with E-state index in [9.17, 15) is 0 Å². The maximum absolute atomic E-state index is 4.67. The van der Waals surface area contributed by atoms with Crippen molar-refractivity contribution in [2.24, 2.45) is 0 Å². The molecule has 2 aromatic heterocycles. The second kappa shape index (κ2) is 5.04. The summed E-state index contributed by atoms with van der Waals surface area (Å²) in [6.45, 7) is 2.06. The molecule has 2 aromatic carbocycles. The van der Waals surface area contributed by atoms with Gasteiger partial charge in [-0.25, -0.2) is 14.6 Å². The summed E-state index contributed by atoms with van der Waals surface area (Å²) in [5, 5.41) is 10.2. The van der Waals surface area contributed by atoms with Crippen LogP contribution in [0.2, 0.25) is 0 Å². The van der Waals surface area contributed by atoms with Crippen LogP contribution in [0.5, 0.6) is 0 Å². The number of hydrogen-bond acceptors (Lipinski definition) is 6. The van der Waals surface area contributed by atoms with E-state index in [0.29, 0.717) is 0 Å². The van der Waals surface area contributed by atoms with Gasteiger partial charge in [-0.2, -0.15) is 0 Å². The molecule has 0 atom stereocenters. The van der Waals surface area contributed by atoms with E-state index < -0.39 is 0 Å². The Labute approximate surface area is 141 Å². The minimum atomic E-state index is 0.722. The molecule has 0 amide bonds. The van der Waals surface area contributed by atoms with Crippen molar-refractivity contribution in [2.45, 2.75) is 17.1 Å². The van der Waals surface area contributed by atoms with Crippen LogP contribution in [0.4, 0.5) is 5.82 Å². The first kappa shape index (κ1) is 13.5. The highest BCUT2D eigenvalue weighted by Crippen LogP contribution is 2.37.